The van der Waals surface area contributed by atoms with Crippen LogP contribution in [0.1, 0.15) is 6.92 Å². The second kappa shape index (κ2) is 10.1. The Morgan fingerprint density at radius 3 is 2.62 bits per heavy atom. The summed E-state index contributed by atoms with van der Waals surface area (Å²) in [4.78, 5) is 15.7. The summed E-state index contributed by atoms with van der Waals surface area (Å²) in [6.45, 7) is 2.97. The molecule has 0 bridgehead atoms. The predicted molar refractivity (Wildman–Crippen MR) is 89.3 cm³/mol. The number of hydrogen-bond donors (Lipinski definition) is 2. The van der Waals surface area contributed by atoms with Gasteiger partial charge >= 0.3 is 0 Å². The highest BCUT2D eigenvalue weighted by atomic mass is 35.5. The Morgan fingerprint density at radius 1 is 1.29 bits per heavy atom. The fraction of sp³-hybridized carbons (Fsp3) is 0.286. The molecule has 0 aliphatic heterocycles. The summed E-state index contributed by atoms with van der Waals surface area (Å²) in [5.41, 5.74) is 0.944. The third-order valence-corrected chi connectivity index (χ3v) is 2.68. The van der Waals surface area contributed by atoms with E-state index in [0.29, 0.717) is 0 Å². The summed E-state index contributed by atoms with van der Waals surface area (Å²) in [7, 11) is 0. The van der Waals surface area contributed by atoms with E-state index in [0.717, 1.165) is 12.2 Å². The lowest BCUT2D eigenvalue weighted by molar-refractivity contribution is -0.120. The van der Waals surface area contributed by atoms with E-state index in [9.17, 15) is 4.79 Å². The highest BCUT2D eigenvalue weighted by Crippen LogP contribution is 2.03. The fourth-order valence-electron chi connectivity index (χ4n) is 1.82. The first-order valence-corrected chi connectivity index (χ1v) is 6.28. The van der Waals surface area contributed by atoms with Crippen LogP contribution in [0.25, 0.3) is 0 Å². The van der Waals surface area contributed by atoms with Crippen LogP contribution in [0.3, 0.4) is 0 Å². The normalized spacial score (nSPS) is 10.7. The van der Waals surface area contributed by atoms with Crippen molar-refractivity contribution >= 4 is 36.4 Å². The monoisotopic (exact) mass is 330 g/mol. The fourth-order valence-corrected chi connectivity index (χ4v) is 1.82. The minimum atomic E-state index is -0.0172. The average molecular weight is 331 g/mol. The van der Waals surface area contributed by atoms with Gasteiger partial charge in [0, 0.05) is 30.7 Å². The maximum Gasteiger partial charge on any atom is 0.239 e. The smallest absolute Gasteiger partial charge is 0.239 e. The van der Waals surface area contributed by atoms with Gasteiger partial charge in [0.15, 0.2) is 0 Å². The molecule has 2 N–H and O–H groups in total. The average Bonchev–Trinajstić information content (AvgIpc) is 2.90. The molecule has 7 heteroatoms. The van der Waals surface area contributed by atoms with E-state index in [2.05, 4.69) is 15.6 Å². The van der Waals surface area contributed by atoms with Crippen molar-refractivity contribution in [2.45, 2.75) is 19.5 Å². The van der Waals surface area contributed by atoms with Gasteiger partial charge in [0.1, 0.15) is 0 Å². The third-order valence-electron chi connectivity index (χ3n) is 2.68. The minimum absolute atomic E-state index is 0. The lowest BCUT2D eigenvalue weighted by Crippen LogP contribution is -2.38. The molecule has 0 radical (unpaired) electrons. The number of carbonyl (C=O) groups excluding carboxylic acids is 1. The van der Waals surface area contributed by atoms with Crippen LogP contribution in [0.2, 0.25) is 0 Å². The number of aromatic nitrogens is 2. The van der Waals surface area contributed by atoms with Crippen LogP contribution in [0.15, 0.2) is 49.1 Å². The van der Waals surface area contributed by atoms with E-state index in [1.54, 1.807) is 12.5 Å². The quantitative estimate of drug-likeness (QED) is 0.854. The molecule has 0 saturated carbocycles. The zero-order valence-electron chi connectivity index (χ0n) is 11.7. The first-order chi connectivity index (χ1) is 9.24. The molecule has 0 saturated heterocycles. The van der Waals surface area contributed by atoms with Crippen molar-refractivity contribution in [3.05, 3.63) is 49.1 Å². The van der Waals surface area contributed by atoms with E-state index in [1.807, 2.05) is 48.0 Å². The number of rotatable bonds is 6. The number of hydrogen-bond acceptors (Lipinski definition) is 3. The number of para-hydroxylation sites is 1. The van der Waals surface area contributed by atoms with Gasteiger partial charge in [-0.05, 0) is 19.1 Å². The van der Waals surface area contributed by atoms with Crippen molar-refractivity contribution in [3.8, 4) is 0 Å². The molecule has 2 rings (SSSR count). The Bertz CT molecular complexity index is 505. The molecule has 0 fully saturated rings. The van der Waals surface area contributed by atoms with Crippen LogP contribution in [0.4, 0.5) is 5.69 Å². The molecule has 21 heavy (non-hydrogen) atoms. The zero-order chi connectivity index (χ0) is 13.5. The highest BCUT2D eigenvalue weighted by molar-refractivity contribution is 5.85. The number of imidazole rings is 1. The maximum atomic E-state index is 11.8. The summed E-state index contributed by atoms with van der Waals surface area (Å²) in [5.74, 6) is -0.0172. The second-order valence-electron chi connectivity index (χ2n) is 4.45. The number of anilines is 1. The SMILES string of the molecule is CC(Cn1ccnc1)NC(=O)CNc1ccccc1.Cl.Cl. The van der Waals surface area contributed by atoms with Gasteiger partial charge in [-0.25, -0.2) is 4.98 Å². The lowest BCUT2D eigenvalue weighted by atomic mass is 10.3. The van der Waals surface area contributed by atoms with Crippen molar-refractivity contribution in [3.63, 3.8) is 0 Å². The van der Waals surface area contributed by atoms with Gasteiger partial charge in [-0.3, -0.25) is 4.79 Å². The van der Waals surface area contributed by atoms with Crippen LogP contribution in [-0.4, -0.2) is 28.0 Å². The first-order valence-electron chi connectivity index (χ1n) is 6.28. The molecule has 1 unspecified atom stereocenters. The predicted octanol–water partition coefficient (Wildman–Crippen LogP) is 2.34. The van der Waals surface area contributed by atoms with Gasteiger partial charge in [-0.2, -0.15) is 0 Å². The van der Waals surface area contributed by atoms with Gasteiger partial charge in [-0.15, -0.1) is 24.8 Å². The number of benzene rings is 1. The van der Waals surface area contributed by atoms with E-state index in [4.69, 9.17) is 0 Å². The third kappa shape index (κ3) is 7.02. The minimum Gasteiger partial charge on any atom is -0.376 e. The molecule has 1 aromatic heterocycles. The molecule has 1 heterocycles. The first kappa shape index (κ1) is 19.3. The molecular weight excluding hydrogens is 311 g/mol. The largest absolute Gasteiger partial charge is 0.376 e. The van der Waals surface area contributed by atoms with Gasteiger partial charge in [-0.1, -0.05) is 18.2 Å². The zero-order valence-corrected chi connectivity index (χ0v) is 13.4. The second-order valence-corrected chi connectivity index (χ2v) is 4.45. The Hall–Kier alpha value is -1.72. The Morgan fingerprint density at radius 2 is 2.00 bits per heavy atom. The Kier molecular flexibility index (Phi) is 9.25. The van der Waals surface area contributed by atoms with Gasteiger partial charge in [0.05, 0.1) is 12.9 Å². The Balaban J connectivity index is 0.00000200. The summed E-state index contributed by atoms with van der Waals surface area (Å²) in [6, 6.07) is 9.74. The molecule has 0 spiro atoms. The van der Waals surface area contributed by atoms with Crippen molar-refractivity contribution in [1.82, 2.24) is 14.9 Å². The van der Waals surface area contributed by atoms with Crippen LogP contribution >= 0.6 is 24.8 Å². The van der Waals surface area contributed by atoms with Crippen molar-refractivity contribution in [1.29, 1.82) is 0 Å². The number of halogens is 2. The summed E-state index contributed by atoms with van der Waals surface area (Å²) in [6.07, 6.45) is 5.35. The molecule has 0 aliphatic rings. The van der Waals surface area contributed by atoms with Crippen LogP contribution in [0.5, 0.6) is 0 Å². The van der Waals surface area contributed by atoms with Gasteiger partial charge < -0.3 is 15.2 Å². The van der Waals surface area contributed by atoms with E-state index < -0.39 is 0 Å². The summed E-state index contributed by atoms with van der Waals surface area (Å²) < 4.78 is 1.94. The van der Waals surface area contributed by atoms with Crippen molar-refractivity contribution in [2.75, 3.05) is 11.9 Å². The lowest BCUT2D eigenvalue weighted by Gasteiger charge is -2.15. The van der Waals surface area contributed by atoms with Crippen molar-refractivity contribution in [2.24, 2.45) is 0 Å². The standard InChI is InChI=1S/C14H18N4O.2ClH/c1-12(10-18-8-7-15-11-18)17-14(19)9-16-13-5-3-2-4-6-13;;/h2-8,11-12,16H,9-10H2,1H3,(H,17,19);2*1H. The highest BCUT2D eigenvalue weighted by Gasteiger charge is 2.07. The number of amides is 1. The molecule has 0 aliphatic carbocycles. The van der Waals surface area contributed by atoms with Gasteiger partial charge in [0.2, 0.25) is 5.91 Å². The van der Waals surface area contributed by atoms with E-state index in [-0.39, 0.29) is 43.3 Å². The number of nitrogens with zero attached hydrogens (tertiary/aromatic N) is 2. The molecule has 1 atom stereocenters. The van der Waals surface area contributed by atoms with Crippen LogP contribution in [0, 0.1) is 0 Å². The number of nitrogens with one attached hydrogen (secondary N) is 2. The van der Waals surface area contributed by atoms with E-state index >= 15 is 0 Å². The van der Waals surface area contributed by atoms with Crippen LogP contribution in [-0.2, 0) is 11.3 Å². The topological polar surface area (TPSA) is 59.0 Å². The molecule has 116 valence electrons. The molecule has 1 aromatic carbocycles. The Labute approximate surface area is 137 Å². The van der Waals surface area contributed by atoms with Gasteiger partial charge in [0.25, 0.3) is 0 Å². The summed E-state index contributed by atoms with van der Waals surface area (Å²) >= 11 is 0. The summed E-state index contributed by atoms with van der Waals surface area (Å²) in [5, 5.41) is 6.02. The number of carbonyl (C=O) groups is 1. The maximum absolute atomic E-state index is 11.8. The molecule has 1 amide bonds. The van der Waals surface area contributed by atoms with Crippen LogP contribution < -0.4 is 10.6 Å². The van der Waals surface area contributed by atoms with Crippen molar-refractivity contribution < 1.29 is 4.79 Å². The van der Waals surface area contributed by atoms with E-state index in [1.165, 1.54) is 0 Å². The molecular formula is C14H20Cl2N4O. The molecule has 5 nitrogen and oxygen atoms in total. The molecule has 2 aromatic rings.